The summed E-state index contributed by atoms with van der Waals surface area (Å²) in [4.78, 5) is 42.1. The molecule has 0 bridgehead atoms. The van der Waals surface area contributed by atoms with E-state index in [9.17, 15) is 29.8 Å². The highest BCUT2D eigenvalue weighted by molar-refractivity contribution is 5.84. The van der Waals surface area contributed by atoms with Crippen LogP contribution in [0.15, 0.2) is 28.4 Å². The maximum absolute atomic E-state index is 11.4. The van der Waals surface area contributed by atoms with Crippen molar-refractivity contribution in [1.82, 2.24) is 0 Å². The van der Waals surface area contributed by atoms with Gasteiger partial charge in [-0.25, -0.2) is 4.79 Å². The van der Waals surface area contributed by atoms with Gasteiger partial charge in [-0.15, -0.1) is 5.11 Å². The number of primary amides is 1. The maximum Gasteiger partial charge on any atom is 0.333 e. The van der Waals surface area contributed by atoms with Crippen LogP contribution in [0.4, 0.5) is 17.1 Å². The van der Waals surface area contributed by atoms with Gasteiger partial charge in [0.15, 0.2) is 11.7 Å². The Morgan fingerprint density at radius 2 is 1.96 bits per heavy atom. The van der Waals surface area contributed by atoms with Gasteiger partial charge < -0.3 is 10.5 Å². The predicted octanol–water partition coefficient (Wildman–Crippen LogP) is 1.00. The van der Waals surface area contributed by atoms with Crippen LogP contribution in [0.25, 0.3) is 0 Å². The molecule has 0 heterocycles. The number of non-ortho nitro benzene ring substituents is 1. The molecule has 2 N–H and O–H groups in total. The van der Waals surface area contributed by atoms with Crippen molar-refractivity contribution in [2.75, 3.05) is 7.11 Å². The van der Waals surface area contributed by atoms with Crippen molar-refractivity contribution < 1.29 is 24.2 Å². The Balaban J connectivity index is 3.18. The van der Waals surface area contributed by atoms with E-state index in [0.29, 0.717) is 6.07 Å². The van der Waals surface area contributed by atoms with Crippen molar-refractivity contribution in [1.29, 1.82) is 0 Å². The zero-order valence-corrected chi connectivity index (χ0v) is 11.7. The third kappa shape index (κ3) is 4.80. The molecular formula is C11H11N5O7. The van der Waals surface area contributed by atoms with Gasteiger partial charge in [0.05, 0.1) is 29.4 Å². The molecule has 122 valence electrons. The lowest BCUT2D eigenvalue weighted by atomic mass is 10.2. The van der Waals surface area contributed by atoms with Crippen LogP contribution in [-0.2, 0) is 14.3 Å². The number of nitro groups is 2. The first-order valence-corrected chi connectivity index (χ1v) is 5.96. The van der Waals surface area contributed by atoms with Crippen molar-refractivity contribution in [3.63, 3.8) is 0 Å². The highest BCUT2D eigenvalue weighted by Gasteiger charge is 2.23. The number of esters is 1. The van der Waals surface area contributed by atoms with Crippen LogP contribution >= 0.6 is 0 Å². The fraction of sp³-hybridized carbons (Fsp3) is 0.273. The molecule has 12 nitrogen and oxygen atoms in total. The van der Waals surface area contributed by atoms with Gasteiger partial charge in [-0.3, -0.25) is 25.0 Å². The predicted molar refractivity (Wildman–Crippen MR) is 73.9 cm³/mol. The number of nitrogens with two attached hydrogens (primary N) is 1. The number of carbonyl (C=O) groups excluding carboxylic acids is 2. The van der Waals surface area contributed by atoms with Crippen LogP contribution in [0.3, 0.4) is 0 Å². The second-order valence-electron chi connectivity index (χ2n) is 4.11. The van der Waals surface area contributed by atoms with E-state index in [-0.39, 0.29) is 5.69 Å². The summed E-state index contributed by atoms with van der Waals surface area (Å²) in [7, 11) is 1.06. The first kappa shape index (κ1) is 17.6. The second kappa shape index (κ2) is 7.53. The molecule has 1 aromatic rings. The Morgan fingerprint density at radius 3 is 2.43 bits per heavy atom. The van der Waals surface area contributed by atoms with Gasteiger partial charge in [-0.1, -0.05) is 0 Å². The molecule has 1 unspecified atom stereocenters. The summed E-state index contributed by atoms with van der Waals surface area (Å²) in [6, 6.07) is 1.32. The van der Waals surface area contributed by atoms with Gasteiger partial charge in [-0.05, 0) is 6.07 Å². The molecule has 1 atom stereocenters. The minimum Gasteiger partial charge on any atom is -0.467 e. The molecule has 0 spiro atoms. The lowest BCUT2D eigenvalue weighted by Crippen LogP contribution is -2.26. The average Bonchev–Trinajstić information content (AvgIpc) is 2.49. The van der Waals surface area contributed by atoms with Crippen molar-refractivity contribution in [2.24, 2.45) is 16.0 Å². The summed E-state index contributed by atoms with van der Waals surface area (Å²) >= 11 is 0. The molecule has 0 aliphatic carbocycles. The SMILES string of the molecule is COC(=O)C(CC(N)=O)N=Nc1ccc([N+](=O)[O-])cc1[N+](=O)[O-]. The molecule has 0 aliphatic rings. The van der Waals surface area contributed by atoms with E-state index in [0.717, 1.165) is 19.2 Å². The van der Waals surface area contributed by atoms with Gasteiger partial charge in [0.25, 0.3) is 5.69 Å². The maximum atomic E-state index is 11.4. The number of methoxy groups -OCH3 is 1. The molecule has 1 aromatic carbocycles. The van der Waals surface area contributed by atoms with Crippen molar-refractivity contribution in [3.8, 4) is 0 Å². The Labute approximate surface area is 128 Å². The minimum atomic E-state index is -1.37. The molecule has 12 heteroatoms. The first-order valence-electron chi connectivity index (χ1n) is 5.96. The van der Waals surface area contributed by atoms with E-state index in [1.165, 1.54) is 0 Å². The number of ether oxygens (including phenoxy) is 1. The third-order valence-electron chi connectivity index (χ3n) is 2.54. The largest absolute Gasteiger partial charge is 0.467 e. The molecule has 1 amide bonds. The number of azo groups is 1. The summed E-state index contributed by atoms with van der Waals surface area (Å²) in [6.07, 6.45) is -0.503. The Kier molecular flexibility index (Phi) is 5.77. The van der Waals surface area contributed by atoms with Crippen molar-refractivity contribution >= 4 is 28.9 Å². The summed E-state index contributed by atoms with van der Waals surface area (Å²) in [6.45, 7) is 0. The van der Waals surface area contributed by atoms with Gasteiger partial charge >= 0.3 is 11.7 Å². The number of nitrogens with zero attached hydrogens (tertiary/aromatic N) is 4. The van der Waals surface area contributed by atoms with E-state index in [1.807, 2.05) is 0 Å². The molecule has 0 aliphatic heterocycles. The number of benzene rings is 1. The lowest BCUT2D eigenvalue weighted by Gasteiger charge is -2.06. The number of carbonyl (C=O) groups is 2. The number of hydrogen-bond acceptors (Lipinski definition) is 9. The molecule has 1 rings (SSSR count). The fourth-order valence-corrected chi connectivity index (χ4v) is 1.49. The standard InChI is InChI=1S/C11H11N5O7/c1-23-11(18)8(5-10(12)17)14-13-7-3-2-6(15(19)20)4-9(7)16(21)22/h2-4,8H,5H2,1H3,(H2,12,17). The normalized spacial score (nSPS) is 11.9. The summed E-state index contributed by atoms with van der Waals surface area (Å²) in [5, 5.41) is 28.5. The molecule has 0 saturated carbocycles. The smallest absolute Gasteiger partial charge is 0.333 e. The van der Waals surface area contributed by atoms with E-state index in [4.69, 9.17) is 5.73 Å². The molecular weight excluding hydrogens is 314 g/mol. The fourth-order valence-electron chi connectivity index (χ4n) is 1.49. The molecule has 23 heavy (non-hydrogen) atoms. The number of rotatable bonds is 7. The van der Waals surface area contributed by atoms with Crippen LogP contribution in [0.2, 0.25) is 0 Å². The second-order valence-corrected chi connectivity index (χ2v) is 4.11. The first-order chi connectivity index (χ1) is 10.8. The zero-order valence-electron chi connectivity index (χ0n) is 11.7. The van der Waals surface area contributed by atoms with Crippen LogP contribution in [-0.4, -0.2) is 34.9 Å². The number of hydrogen-bond donors (Lipinski definition) is 1. The van der Waals surface area contributed by atoms with Crippen molar-refractivity contribution in [2.45, 2.75) is 12.5 Å². The summed E-state index contributed by atoms with van der Waals surface area (Å²) < 4.78 is 4.41. The molecule has 0 radical (unpaired) electrons. The Morgan fingerprint density at radius 1 is 1.30 bits per heavy atom. The Bertz CT molecular complexity index is 687. The van der Waals surface area contributed by atoms with Crippen LogP contribution in [0.5, 0.6) is 0 Å². The Hall–Kier alpha value is -3.44. The van der Waals surface area contributed by atoms with E-state index < -0.39 is 45.6 Å². The van der Waals surface area contributed by atoms with Crippen molar-refractivity contribution in [3.05, 3.63) is 38.4 Å². The minimum absolute atomic E-state index is 0.320. The topological polar surface area (TPSA) is 180 Å². The quantitative estimate of drug-likeness (QED) is 0.335. The average molecular weight is 325 g/mol. The van der Waals surface area contributed by atoms with Gasteiger partial charge in [0.2, 0.25) is 5.91 Å². The molecule has 0 aromatic heterocycles. The highest BCUT2D eigenvalue weighted by Crippen LogP contribution is 2.31. The van der Waals surface area contributed by atoms with Gasteiger partial charge in [0.1, 0.15) is 0 Å². The number of amides is 1. The molecule has 0 fully saturated rings. The summed E-state index contributed by atoms with van der Waals surface area (Å²) in [5.74, 6) is -1.75. The van der Waals surface area contributed by atoms with Gasteiger partial charge in [-0.2, -0.15) is 5.11 Å². The van der Waals surface area contributed by atoms with Crippen LogP contribution in [0, 0.1) is 20.2 Å². The zero-order chi connectivity index (χ0) is 17.6. The summed E-state index contributed by atoms with van der Waals surface area (Å²) in [5.41, 5.74) is 3.46. The van der Waals surface area contributed by atoms with Crippen LogP contribution in [0.1, 0.15) is 6.42 Å². The van der Waals surface area contributed by atoms with E-state index >= 15 is 0 Å². The van der Waals surface area contributed by atoms with Crippen LogP contribution < -0.4 is 5.73 Å². The number of nitro benzene ring substituents is 2. The van der Waals surface area contributed by atoms with E-state index in [2.05, 4.69) is 15.0 Å². The van der Waals surface area contributed by atoms with E-state index in [1.54, 1.807) is 0 Å². The monoisotopic (exact) mass is 325 g/mol. The third-order valence-corrected chi connectivity index (χ3v) is 2.54. The lowest BCUT2D eigenvalue weighted by molar-refractivity contribution is -0.393. The molecule has 0 saturated heterocycles. The van der Waals surface area contributed by atoms with Gasteiger partial charge in [0, 0.05) is 6.07 Å². The highest BCUT2D eigenvalue weighted by atomic mass is 16.6.